The Bertz CT molecular complexity index is 1030. The number of aryl methyl sites for hydroxylation is 1. The normalized spacial score (nSPS) is 20.0. The lowest BCUT2D eigenvalue weighted by Crippen LogP contribution is -2.45. The lowest BCUT2D eigenvalue weighted by molar-refractivity contribution is -0.142. The van der Waals surface area contributed by atoms with E-state index in [0.717, 1.165) is 55.7 Å². The van der Waals surface area contributed by atoms with E-state index in [1.54, 1.807) is 0 Å². The summed E-state index contributed by atoms with van der Waals surface area (Å²) in [7, 11) is 0. The zero-order valence-electron chi connectivity index (χ0n) is 17.3. The number of hydrogen-bond acceptors (Lipinski definition) is 4. The minimum Gasteiger partial charge on any atom is -0.490 e. The molecule has 6 nitrogen and oxygen atoms in total. The topological polar surface area (TPSA) is 56.1 Å². The number of pyridine rings is 1. The first-order valence-electron chi connectivity index (χ1n) is 10.8. The van der Waals surface area contributed by atoms with Crippen LogP contribution in [0.25, 0.3) is 16.8 Å². The smallest absolute Gasteiger partial charge is 0.251 e. The first kappa shape index (κ1) is 19.1. The Balaban J connectivity index is 1.20. The third kappa shape index (κ3) is 3.67. The highest BCUT2D eigenvalue weighted by Crippen LogP contribution is 2.28. The van der Waals surface area contributed by atoms with E-state index in [-0.39, 0.29) is 18.1 Å². The van der Waals surface area contributed by atoms with Crippen LogP contribution in [0.15, 0.2) is 48.8 Å². The van der Waals surface area contributed by atoms with Crippen LogP contribution >= 0.6 is 0 Å². The highest BCUT2D eigenvalue weighted by molar-refractivity contribution is 5.81. The van der Waals surface area contributed by atoms with Gasteiger partial charge < -0.3 is 18.8 Å². The van der Waals surface area contributed by atoms with Crippen LogP contribution in [-0.2, 0) is 9.53 Å². The SMILES string of the molecule is Cc1c(-c2ccc(OC3CCN(C(=O)C4CCCO4)CC3)cc2)ccc2nccn12. The largest absolute Gasteiger partial charge is 0.490 e. The van der Waals surface area contributed by atoms with Gasteiger partial charge in [0, 0.05) is 56.2 Å². The third-order valence-electron chi connectivity index (χ3n) is 6.25. The number of likely N-dealkylation sites (tertiary alicyclic amines) is 1. The average molecular weight is 405 g/mol. The van der Waals surface area contributed by atoms with Gasteiger partial charge in [0.15, 0.2) is 0 Å². The second kappa shape index (κ2) is 8.11. The second-order valence-corrected chi connectivity index (χ2v) is 8.16. The van der Waals surface area contributed by atoms with E-state index < -0.39 is 0 Å². The van der Waals surface area contributed by atoms with Crippen molar-refractivity contribution in [3.05, 3.63) is 54.5 Å². The molecule has 1 amide bonds. The van der Waals surface area contributed by atoms with E-state index in [4.69, 9.17) is 9.47 Å². The van der Waals surface area contributed by atoms with Crippen LogP contribution in [0, 0.1) is 6.92 Å². The molecule has 3 aromatic rings. The number of carbonyl (C=O) groups excluding carboxylic acids is 1. The molecule has 0 aliphatic carbocycles. The minimum absolute atomic E-state index is 0.147. The summed E-state index contributed by atoms with van der Waals surface area (Å²) in [6.07, 6.45) is 7.29. The molecule has 2 fully saturated rings. The van der Waals surface area contributed by atoms with Crippen molar-refractivity contribution in [3.63, 3.8) is 0 Å². The maximum absolute atomic E-state index is 12.5. The fourth-order valence-corrected chi connectivity index (χ4v) is 4.51. The second-order valence-electron chi connectivity index (χ2n) is 8.16. The molecule has 0 bridgehead atoms. The summed E-state index contributed by atoms with van der Waals surface area (Å²) in [6, 6.07) is 12.5. The molecule has 2 aromatic heterocycles. The van der Waals surface area contributed by atoms with Crippen molar-refractivity contribution in [2.24, 2.45) is 0 Å². The lowest BCUT2D eigenvalue weighted by Gasteiger charge is -2.33. The van der Waals surface area contributed by atoms with Crippen molar-refractivity contribution >= 4 is 11.6 Å². The summed E-state index contributed by atoms with van der Waals surface area (Å²) in [5, 5.41) is 0. The molecule has 2 saturated heterocycles. The van der Waals surface area contributed by atoms with Gasteiger partial charge in [0.05, 0.1) is 0 Å². The van der Waals surface area contributed by atoms with E-state index in [1.807, 2.05) is 35.5 Å². The molecule has 0 radical (unpaired) electrons. The fourth-order valence-electron chi connectivity index (χ4n) is 4.51. The number of fused-ring (bicyclic) bond motifs is 1. The number of piperidine rings is 1. The van der Waals surface area contributed by atoms with E-state index >= 15 is 0 Å². The van der Waals surface area contributed by atoms with Crippen molar-refractivity contribution in [2.75, 3.05) is 19.7 Å². The maximum Gasteiger partial charge on any atom is 0.251 e. The summed E-state index contributed by atoms with van der Waals surface area (Å²) in [6.45, 7) is 4.30. The van der Waals surface area contributed by atoms with E-state index in [0.29, 0.717) is 6.61 Å². The van der Waals surface area contributed by atoms with Crippen molar-refractivity contribution in [1.29, 1.82) is 0 Å². The summed E-state index contributed by atoms with van der Waals surface area (Å²) in [5.41, 5.74) is 4.47. The number of rotatable bonds is 4. The Morgan fingerprint density at radius 2 is 1.90 bits per heavy atom. The number of nitrogens with zero attached hydrogens (tertiary/aromatic N) is 3. The highest BCUT2D eigenvalue weighted by atomic mass is 16.5. The van der Waals surface area contributed by atoms with Gasteiger partial charge in [-0.2, -0.15) is 0 Å². The predicted octanol–water partition coefficient (Wildman–Crippen LogP) is 3.86. The van der Waals surface area contributed by atoms with Gasteiger partial charge in [-0.15, -0.1) is 0 Å². The number of ether oxygens (including phenoxy) is 2. The summed E-state index contributed by atoms with van der Waals surface area (Å²) < 4.78 is 13.8. The first-order valence-corrected chi connectivity index (χ1v) is 10.8. The van der Waals surface area contributed by atoms with Crippen molar-refractivity contribution < 1.29 is 14.3 Å². The Morgan fingerprint density at radius 3 is 2.63 bits per heavy atom. The molecule has 1 atom stereocenters. The van der Waals surface area contributed by atoms with Gasteiger partial charge in [0.2, 0.25) is 0 Å². The first-order chi connectivity index (χ1) is 14.7. The van der Waals surface area contributed by atoms with Gasteiger partial charge in [0.1, 0.15) is 23.6 Å². The van der Waals surface area contributed by atoms with Crippen LogP contribution in [0.3, 0.4) is 0 Å². The number of aromatic nitrogens is 2. The number of imidazole rings is 1. The molecule has 2 aliphatic heterocycles. The Labute approximate surface area is 176 Å². The van der Waals surface area contributed by atoms with Crippen molar-refractivity contribution in [1.82, 2.24) is 14.3 Å². The average Bonchev–Trinajstić information content (AvgIpc) is 3.47. The molecular weight excluding hydrogens is 378 g/mol. The molecule has 4 heterocycles. The molecule has 1 aromatic carbocycles. The zero-order chi connectivity index (χ0) is 20.5. The van der Waals surface area contributed by atoms with Crippen molar-refractivity contribution in [2.45, 2.75) is 44.8 Å². The number of carbonyl (C=O) groups is 1. The lowest BCUT2D eigenvalue weighted by atomic mass is 10.0. The van der Waals surface area contributed by atoms with Crippen LogP contribution in [-0.4, -0.2) is 52.1 Å². The highest BCUT2D eigenvalue weighted by Gasteiger charge is 2.31. The zero-order valence-corrected chi connectivity index (χ0v) is 17.3. The van der Waals surface area contributed by atoms with Gasteiger partial charge >= 0.3 is 0 Å². The molecule has 0 spiro atoms. The molecule has 5 rings (SSSR count). The molecular formula is C24H27N3O3. The molecule has 156 valence electrons. The van der Waals surface area contributed by atoms with Gasteiger partial charge in [-0.25, -0.2) is 4.98 Å². The summed E-state index contributed by atoms with van der Waals surface area (Å²) in [4.78, 5) is 18.8. The Morgan fingerprint density at radius 1 is 1.10 bits per heavy atom. The third-order valence-corrected chi connectivity index (χ3v) is 6.25. The molecule has 30 heavy (non-hydrogen) atoms. The van der Waals surface area contributed by atoms with Crippen LogP contribution < -0.4 is 4.74 Å². The molecule has 6 heteroatoms. The number of hydrogen-bond donors (Lipinski definition) is 0. The summed E-state index contributed by atoms with van der Waals surface area (Å²) >= 11 is 0. The van der Waals surface area contributed by atoms with E-state index in [1.165, 1.54) is 11.3 Å². The number of benzene rings is 1. The Hall–Kier alpha value is -2.86. The minimum atomic E-state index is -0.222. The van der Waals surface area contributed by atoms with Gasteiger partial charge in [-0.1, -0.05) is 12.1 Å². The van der Waals surface area contributed by atoms with Crippen LogP contribution in [0.1, 0.15) is 31.4 Å². The van der Waals surface area contributed by atoms with Gasteiger partial charge in [-0.3, -0.25) is 4.79 Å². The van der Waals surface area contributed by atoms with Gasteiger partial charge in [0.25, 0.3) is 5.91 Å². The summed E-state index contributed by atoms with van der Waals surface area (Å²) in [5.74, 6) is 1.03. The monoisotopic (exact) mass is 405 g/mol. The molecule has 1 unspecified atom stereocenters. The van der Waals surface area contributed by atoms with E-state index in [9.17, 15) is 4.79 Å². The molecule has 2 aliphatic rings. The quantitative estimate of drug-likeness (QED) is 0.661. The standard InChI is InChI=1S/C24H27N3O3/c1-17-21(8-9-23-25-12-15-27(17)23)18-4-6-19(7-5-18)30-20-10-13-26(14-11-20)24(28)22-3-2-16-29-22/h4-9,12,15,20,22H,2-3,10-11,13-14,16H2,1H3. The van der Waals surface area contributed by atoms with E-state index in [2.05, 4.69) is 34.5 Å². The van der Waals surface area contributed by atoms with Crippen LogP contribution in [0.2, 0.25) is 0 Å². The Kier molecular flexibility index (Phi) is 5.17. The van der Waals surface area contributed by atoms with Crippen LogP contribution in [0.4, 0.5) is 0 Å². The molecule has 0 N–H and O–H groups in total. The van der Waals surface area contributed by atoms with Crippen molar-refractivity contribution in [3.8, 4) is 16.9 Å². The van der Waals surface area contributed by atoms with Gasteiger partial charge in [-0.05, 0) is 49.6 Å². The molecule has 0 saturated carbocycles. The number of amides is 1. The fraction of sp³-hybridized carbons (Fsp3) is 0.417. The van der Waals surface area contributed by atoms with Crippen LogP contribution in [0.5, 0.6) is 5.75 Å². The predicted molar refractivity (Wildman–Crippen MR) is 115 cm³/mol. The maximum atomic E-state index is 12.5.